The number of rotatable bonds is 4. The quantitative estimate of drug-likeness (QED) is 0.441. The van der Waals surface area contributed by atoms with Crippen molar-refractivity contribution in [3.8, 4) is 16.9 Å². The van der Waals surface area contributed by atoms with E-state index < -0.39 is 0 Å². The van der Waals surface area contributed by atoms with Crippen molar-refractivity contribution in [3.05, 3.63) is 66.6 Å². The minimum atomic E-state index is -0.325. The van der Waals surface area contributed by atoms with Crippen molar-refractivity contribution in [2.24, 2.45) is 0 Å². The van der Waals surface area contributed by atoms with Crippen molar-refractivity contribution < 1.29 is 14.6 Å². The molecule has 0 radical (unpaired) electrons. The standard InChI is InChI=1S/C23H21N5O3/c29-19-4-2-17(3-5-19)25-23(30)22-20-12-15(1-6-21(20)26-27-22)16-11-18(14-24-13-16)28-7-9-31-10-8-28/h1-6,11-14,29H,7-10H2,(H,25,30)(H,26,27). The van der Waals surface area contributed by atoms with Gasteiger partial charge in [0.1, 0.15) is 5.75 Å². The van der Waals surface area contributed by atoms with Gasteiger partial charge in [-0.05, 0) is 48.0 Å². The molecule has 4 aromatic rings. The number of anilines is 2. The maximum atomic E-state index is 12.8. The number of phenols is 1. The molecule has 0 bridgehead atoms. The lowest BCUT2D eigenvalue weighted by atomic mass is 10.0. The largest absolute Gasteiger partial charge is 0.508 e. The summed E-state index contributed by atoms with van der Waals surface area (Å²) in [5, 5.41) is 20.1. The van der Waals surface area contributed by atoms with Gasteiger partial charge in [-0.15, -0.1) is 0 Å². The van der Waals surface area contributed by atoms with Gasteiger partial charge in [0, 0.05) is 35.9 Å². The Balaban J connectivity index is 1.45. The Bertz CT molecular complexity index is 1230. The van der Waals surface area contributed by atoms with Gasteiger partial charge in [0.2, 0.25) is 0 Å². The van der Waals surface area contributed by atoms with Crippen LogP contribution in [0.4, 0.5) is 11.4 Å². The van der Waals surface area contributed by atoms with Gasteiger partial charge < -0.3 is 20.1 Å². The first kappa shape index (κ1) is 19.1. The first-order valence-corrected chi connectivity index (χ1v) is 10.0. The number of carbonyl (C=O) groups excluding carboxylic acids is 1. The molecule has 8 nitrogen and oxygen atoms in total. The monoisotopic (exact) mass is 415 g/mol. The number of phenolic OH excluding ortho intramolecular Hbond substituents is 1. The third-order valence-electron chi connectivity index (χ3n) is 5.34. The van der Waals surface area contributed by atoms with E-state index >= 15 is 0 Å². The number of pyridine rings is 1. The number of nitrogens with one attached hydrogen (secondary N) is 2. The maximum absolute atomic E-state index is 12.8. The molecule has 1 aliphatic heterocycles. The van der Waals surface area contributed by atoms with Crippen molar-refractivity contribution in [3.63, 3.8) is 0 Å². The molecule has 31 heavy (non-hydrogen) atoms. The summed E-state index contributed by atoms with van der Waals surface area (Å²) in [5.74, 6) is -0.185. The number of aromatic amines is 1. The lowest BCUT2D eigenvalue weighted by molar-refractivity contribution is 0.102. The van der Waals surface area contributed by atoms with Gasteiger partial charge in [0.15, 0.2) is 5.69 Å². The van der Waals surface area contributed by atoms with Crippen molar-refractivity contribution >= 4 is 28.2 Å². The van der Waals surface area contributed by atoms with Gasteiger partial charge >= 0.3 is 0 Å². The number of aromatic nitrogens is 3. The van der Waals surface area contributed by atoms with Gasteiger partial charge in [-0.3, -0.25) is 14.9 Å². The molecule has 1 fully saturated rings. The normalized spacial score (nSPS) is 14.0. The molecule has 5 rings (SSSR count). The van der Waals surface area contributed by atoms with Crippen LogP contribution in [0.2, 0.25) is 0 Å². The van der Waals surface area contributed by atoms with Crippen LogP contribution in [0.25, 0.3) is 22.0 Å². The van der Waals surface area contributed by atoms with Gasteiger partial charge in [0.25, 0.3) is 5.91 Å². The number of benzene rings is 2. The van der Waals surface area contributed by atoms with Crippen LogP contribution in [-0.4, -0.2) is 52.5 Å². The van der Waals surface area contributed by atoms with Crippen molar-refractivity contribution in [1.82, 2.24) is 15.2 Å². The summed E-state index contributed by atoms with van der Waals surface area (Å²) >= 11 is 0. The van der Waals surface area contributed by atoms with E-state index in [9.17, 15) is 9.90 Å². The fourth-order valence-electron chi connectivity index (χ4n) is 3.68. The number of ether oxygens (including phenoxy) is 1. The minimum Gasteiger partial charge on any atom is -0.508 e. The molecular formula is C23H21N5O3. The van der Waals surface area contributed by atoms with E-state index in [4.69, 9.17) is 4.74 Å². The van der Waals surface area contributed by atoms with Crippen LogP contribution in [0.5, 0.6) is 5.75 Å². The van der Waals surface area contributed by atoms with E-state index in [0.717, 1.165) is 40.8 Å². The Morgan fingerprint density at radius 3 is 2.65 bits per heavy atom. The fraction of sp³-hybridized carbons (Fsp3) is 0.174. The summed E-state index contributed by atoms with van der Waals surface area (Å²) in [6.07, 6.45) is 3.68. The molecule has 0 atom stereocenters. The Kier molecular flexibility index (Phi) is 4.97. The van der Waals surface area contributed by atoms with E-state index in [2.05, 4.69) is 31.5 Å². The molecule has 0 aliphatic carbocycles. The van der Waals surface area contributed by atoms with Crippen LogP contribution in [0.15, 0.2) is 60.9 Å². The highest BCUT2D eigenvalue weighted by Gasteiger charge is 2.16. The first-order chi connectivity index (χ1) is 15.2. The summed E-state index contributed by atoms with van der Waals surface area (Å²) in [6.45, 7) is 3.11. The molecule has 3 N–H and O–H groups in total. The lowest BCUT2D eigenvalue weighted by Gasteiger charge is -2.28. The molecule has 1 saturated heterocycles. The number of H-pyrrole nitrogens is 1. The van der Waals surface area contributed by atoms with E-state index in [1.165, 1.54) is 12.1 Å². The Labute approximate surface area is 178 Å². The molecule has 3 heterocycles. The second-order valence-corrected chi connectivity index (χ2v) is 7.36. The molecule has 0 saturated carbocycles. The molecule has 156 valence electrons. The SMILES string of the molecule is O=C(Nc1ccc(O)cc1)c1n[nH]c2ccc(-c3cncc(N4CCOCC4)c3)cc12. The van der Waals surface area contributed by atoms with Crippen molar-refractivity contribution in [2.45, 2.75) is 0 Å². The number of aromatic hydroxyl groups is 1. The zero-order chi connectivity index (χ0) is 21.2. The summed E-state index contributed by atoms with van der Waals surface area (Å²) in [5.41, 5.74) is 4.64. The summed E-state index contributed by atoms with van der Waals surface area (Å²) in [7, 11) is 0. The van der Waals surface area contributed by atoms with Crippen LogP contribution in [0, 0.1) is 0 Å². The molecule has 2 aromatic heterocycles. The van der Waals surface area contributed by atoms with Crippen LogP contribution in [0.1, 0.15) is 10.5 Å². The van der Waals surface area contributed by atoms with E-state index in [0.29, 0.717) is 24.6 Å². The summed E-state index contributed by atoms with van der Waals surface area (Å²) in [6, 6.07) is 14.3. The number of hydrogen-bond acceptors (Lipinski definition) is 6. The van der Waals surface area contributed by atoms with E-state index in [-0.39, 0.29) is 11.7 Å². The number of fused-ring (bicyclic) bond motifs is 1. The first-order valence-electron chi connectivity index (χ1n) is 10.0. The highest BCUT2D eigenvalue weighted by molar-refractivity contribution is 6.11. The topological polar surface area (TPSA) is 103 Å². The third-order valence-corrected chi connectivity index (χ3v) is 5.34. The predicted octanol–water partition coefficient (Wildman–Crippen LogP) is 3.42. The maximum Gasteiger partial charge on any atom is 0.276 e. The highest BCUT2D eigenvalue weighted by atomic mass is 16.5. The minimum absolute atomic E-state index is 0.140. The second-order valence-electron chi connectivity index (χ2n) is 7.36. The predicted molar refractivity (Wildman–Crippen MR) is 118 cm³/mol. The smallest absolute Gasteiger partial charge is 0.276 e. The number of hydrogen-bond donors (Lipinski definition) is 3. The number of amides is 1. The molecule has 1 amide bonds. The Morgan fingerprint density at radius 2 is 1.84 bits per heavy atom. The number of carbonyl (C=O) groups is 1. The number of nitrogens with zero attached hydrogens (tertiary/aromatic N) is 3. The van der Waals surface area contributed by atoms with Crippen molar-refractivity contribution in [2.75, 3.05) is 36.5 Å². The highest BCUT2D eigenvalue weighted by Crippen LogP contribution is 2.28. The molecular weight excluding hydrogens is 394 g/mol. The lowest BCUT2D eigenvalue weighted by Crippen LogP contribution is -2.36. The Morgan fingerprint density at radius 1 is 1.03 bits per heavy atom. The zero-order valence-corrected chi connectivity index (χ0v) is 16.7. The molecule has 2 aromatic carbocycles. The van der Waals surface area contributed by atoms with Crippen LogP contribution in [0.3, 0.4) is 0 Å². The fourth-order valence-corrected chi connectivity index (χ4v) is 3.68. The average Bonchev–Trinajstić information content (AvgIpc) is 3.25. The van der Waals surface area contributed by atoms with Gasteiger partial charge in [-0.1, -0.05) is 6.07 Å². The van der Waals surface area contributed by atoms with Crippen molar-refractivity contribution in [1.29, 1.82) is 0 Å². The molecule has 0 spiro atoms. The van der Waals surface area contributed by atoms with Crippen LogP contribution >= 0.6 is 0 Å². The Hall–Kier alpha value is -3.91. The summed E-state index contributed by atoms with van der Waals surface area (Å²) in [4.78, 5) is 19.5. The van der Waals surface area contributed by atoms with Gasteiger partial charge in [-0.25, -0.2) is 0 Å². The van der Waals surface area contributed by atoms with Gasteiger partial charge in [0.05, 0.1) is 30.6 Å². The van der Waals surface area contributed by atoms with Crippen LogP contribution < -0.4 is 10.2 Å². The second kappa shape index (κ2) is 8.08. The average molecular weight is 415 g/mol. The molecule has 0 unspecified atom stereocenters. The zero-order valence-electron chi connectivity index (χ0n) is 16.7. The molecule has 8 heteroatoms. The number of morpholine rings is 1. The third kappa shape index (κ3) is 3.93. The van der Waals surface area contributed by atoms with Gasteiger partial charge in [-0.2, -0.15) is 5.10 Å². The van der Waals surface area contributed by atoms with Crippen LogP contribution in [-0.2, 0) is 4.74 Å². The van der Waals surface area contributed by atoms with E-state index in [1.54, 1.807) is 12.1 Å². The van der Waals surface area contributed by atoms with E-state index in [1.807, 2.05) is 30.6 Å². The molecule has 1 aliphatic rings. The summed E-state index contributed by atoms with van der Waals surface area (Å²) < 4.78 is 5.44.